The first-order valence-corrected chi connectivity index (χ1v) is 7.23. The molecular formula is C17H18ClNO3. The second-order valence-electron chi connectivity index (χ2n) is 4.72. The molecule has 2 rings (SSSR count). The van der Waals surface area contributed by atoms with E-state index in [1.54, 1.807) is 13.1 Å². The number of benzene rings is 2. The van der Waals surface area contributed by atoms with Crippen molar-refractivity contribution in [2.45, 2.75) is 12.7 Å². The van der Waals surface area contributed by atoms with Gasteiger partial charge in [0.2, 0.25) is 0 Å². The minimum atomic E-state index is -0.649. The molecule has 0 aliphatic rings. The summed E-state index contributed by atoms with van der Waals surface area (Å²) in [5.41, 5.74) is 1.76. The Hall–Kier alpha value is -2.04. The molecule has 116 valence electrons. The number of methoxy groups -OCH3 is 1. The van der Waals surface area contributed by atoms with Crippen molar-refractivity contribution in [1.82, 2.24) is 5.32 Å². The Labute approximate surface area is 135 Å². The highest BCUT2D eigenvalue weighted by Gasteiger charge is 2.18. The predicted octanol–water partition coefficient (Wildman–Crippen LogP) is 3.35. The lowest BCUT2D eigenvalue weighted by Crippen LogP contribution is -2.26. The molecule has 0 spiro atoms. The van der Waals surface area contributed by atoms with Crippen LogP contribution in [0, 0.1) is 0 Å². The summed E-state index contributed by atoms with van der Waals surface area (Å²) in [6.07, 6.45) is -0.649. The molecule has 0 aliphatic carbocycles. The molecule has 0 radical (unpaired) electrons. The van der Waals surface area contributed by atoms with Crippen LogP contribution in [0.3, 0.4) is 0 Å². The van der Waals surface area contributed by atoms with Gasteiger partial charge in [0.15, 0.2) is 6.10 Å². The third-order valence-electron chi connectivity index (χ3n) is 3.20. The summed E-state index contributed by atoms with van der Waals surface area (Å²) < 4.78 is 11.0. The van der Waals surface area contributed by atoms with Crippen molar-refractivity contribution in [2.24, 2.45) is 0 Å². The Balaban J connectivity index is 2.07. The van der Waals surface area contributed by atoms with Crippen LogP contribution >= 0.6 is 11.6 Å². The standard InChI is InChI=1S/C17H18ClNO3/c1-19-17(20)16(21-2)13-4-3-5-15(10-13)22-11-12-6-8-14(18)9-7-12/h3-10,16H,11H2,1-2H3,(H,19,20). The number of likely N-dealkylation sites (N-methyl/N-ethyl adjacent to an activating group) is 1. The summed E-state index contributed by atoms with van der Waals surface area (Å²) in [6.45, 7) is 0.429. The molecular weight excluding hydrogens is 302 g/mol. The summed E-state index contributed by atoms with van der Waals surface area (Å²) in [6, 6.07) is 14.8. The minimum Gasteiger partial charge on any atom is -0.489 e. The molecule has 5 heteroatoms. The summed E-state index contributed by atoms with van der Waals surface area (Å²) in [4.78, 5) is 11.8. The van der Waals surface area contributed by atoms with Crippen molar-refractivity contribution in [2.75, 3.05) is 14.2 Å². The molecule has 2 aromatic rings. The van der Waals surface area contributed by atoms with Gasteiger partial charge >= 0.3 is 0 Å². The van der Waals surface area contributed by atoms with Gasteiger partial charge in [-0.05, 0) is 35.4 Å². The van der Waals surface area contributed by atoms with Crippen LogP contribution in [-0.2, 0) is 16.1 Å². The molecule has 2 aromatic carbocycles. The van der Waals surface area contributed by atoms with Crippen molar-refractivity contribution < 1.29 is 14.3 Å². The van der Waals surface area contributed by atoms with E-state index >= 15 is 0 Å². The number of halogens is 1. The van der Waals surface area contributed by atoms with Crippen LogP contribution in [0.4, 0.5) is 0 Å². The summed E-state index contributed by atoms with van der Waals surface area (Å²) >= 11 is 5.85. The highest BCUT2D eigenvalue weighted by atomic mass is 35.5. The molecule has 22 heavy (non-hydrogen) atoms. The normalized spacial score (nSPS) is 11.8. The SMILES string of the molecule is CNC(=O)C(OC)c1cccc(OCc2ccc(Cl)cc2)c1. The van der Waals surface area contributed by atoms with Crippen LogP contribution < -0.4 is 10.1 Å². The van der Waals surface area contributed by atoms with E-state index < -0.39 is 6.10 Å². The molecule has 1 N–H and O–H groups in total. The second kappa shape index (κ2) is 7.82. The topological polar surface area (TPSA) is 47.6 Å². The van der Waals surface area contributed by atoms with Crippen LogP contribution in [0.1, 0.15) is 17.2 Å². The van der Waals surface area contributed by atoms with Gasteiger partial charge in [0.05, 0.1) is 0 Å². The van der Waals surface area contributed by atoms with E-state index in [0.29, 0.717) is 17.4 Å². The van der Waals surface area contributed by atoms with E-state index in [0.717, 1.165) is 11.1 Å². The smallest absolute Gasteiger partial charge is 0.253 e. The van der Waals surface area contributed by atoms with Crippen molar-refractivity contribution in [3.05, 3.63) is 64.7 Å². The van der Waals surface area contributed by atoms with Crippen molar-refractivity contribution in [3.8, 4) is 5.75 Å². The third kappa shape index (κ3) is 4.23. The van der Waals surface area contributed by atoms with E-state index in [1.165, 1.54) is 7.11 Å². The van der Waals surface area contributed by atoms with Gasteiger partial charge in [0, 0.05) is 19.2 Å². The van der Waals surface area contributed by atoms with Crippen molar-refractivity contribution in [3.63, 3.8) is 0 Å². The zero-order chi connectivity index (χ0) is 15.9. The molecule has 0 saturated heterocycles. The fourth-order valence-corrected chi connectivity index (χ4v) is 2.17. The second-order valence-corrected chi connectivity index (χ2v) is 5.15. The Kier molecular flexibility index (Phi) is 5.81. The van der Waals surface area contributed by atoms with Crippen LogP contribution in [0.2, 0.25) is 5.02 Å². The number of nitrogens with one attached hydrogen (secondary N) is 1. The zero-order valence-corrected chi connectivity index (χ0v) is 13.3. The molecule has 0 fully saturated rings. The number of carbonyl (C=O) groups excluding carboxylic acids is 1. The van der Waals surface area contributed by atoms with Gasteiger partial charge in [-0.25, -0.2) is 0 Å². The largest absolute Gasteiger partial charge is 0.489 e. The first-order chi connectivity index (χ1) is 10.6. The van der Waals surface area contributed by atoms with Gasteiger partial charge in [-0.3, -0.25) is 4.79 Å². The Morgan fingerprint density at radius 1 is 1.23 bits per heavy atom. The number of hydrogen-bond donors (Lipinski definition) is 1. The van der Waals surface area contributed by atoms with E-state index in [1.807, 2.05) is 42.5 Å². The Morgan fingerprint density at radius 2 is 1.95 bits per heavy atom. The molecule has 0 bridgehead atoms. The lowest BCUT2D eigenvalue weighted by Gasteiger charge is -2.15. The highest BCUT2D eigenvalue weighted by molar-refractivity contribution is 6.30. The van der Waals surface area contributed by atoms with Gasteiger partial charge < -0.3 is 14.8 Å². The van der Waals surface area contributed by atoms with Gasteiger partial charge in [-0.15, -0.1) is 0 Å². The molecule has 0 aromatic heterocycles. The molecule has 1 atom stereocenters. The first-order valence-electron chi connectivity index (χ1n) is 6.85. The van der Waals surface area contributed by atoms with E-state index in [2.05, 4.69) is 5.32 Å². The number of amides is 1. The summed E-state index contributed by atoms with van der Waals surface area (Å²) in [5.74, 6) is 0.482. The summed E-state index contributed by atoms with van der Waals surface area (Å²) in [5, 5.41) is 3.27. The fraction of sp³-hybridized carbons (Fsp3) is 0.235. The predicted molar refractivity (Wildman–Crippen MR) is 86.0 cm³/mol. The van der Waals surface area contributed by atoms with Gasteiger partial charge in [0.25, 0.3) is 5.91 Å². The third-order valence-corrected chi connectivity index (χ3v) is 3.45. The average Bonchev–Trinajstić information content (AvgIpc) is 2.55. The van der Waals surface area contributed by atoms with Crippen LogP contribution in [0.5, 0.6) is 5.75 Å². The fourth-order valence-electron chi connectivity index (χ4n) is 2.04. The van der Waals surface area contributed by atoms with Crippen LogP contribution in [0.25, 0.3) is 0 Å². The quantitative estimate of drug-likeness (QED) is 0.888. The number of hydrogen-bond acceptors (Lipinski definition) is 3. The zero-order valence-electron chi connectivity index (χ0n) is 12.5. The van der Waals surface area contributed by atoms with E-state index in [-0.39, 0.29) is 5.91 Å². The molecule has 0 aliphatic heterocycles. The number of carbonyl (C=O) groups is 1. The van der Waals surface area contributed by atoms with Crippen molar-refractivity contribution >= 4 is 17.5 Å². The molecule has 0 saturated carbocycles. The van der Waals surface area contributed by atoms with E-state index in [9.17, 15) is 4.79 Å². The lowest BCUT2D eigenvalue weighted by atomic mass is 10.1. The van der Waals surface area contributed by atoms with Gasteiger partial charge in [0.1, 0.15) is 12.4 Å². The van der Waals surface area contributed by atoms with Crippen LogP contribution in [0.15, 0.2) is 48.5 Å². The number of ether oxygens (including phenoxy) is 2. The van der Waals surface area contributed by atoms with Crippen molar-refractivity contribution in [1.29, 1.82) is 0 Å². The Bertz CT molecular complexity index is 628. The molecule has 1 amide bonds. The van der Waals surface area contributed by atoms with Gasteiger partial charge in [-0.2, -0.15) is 0 Å². The average molecular weight is 320 g/mol. The highest BCUT2D eigenvalue weighted by Crippen LogP contribution is 2.22. The maximum absolute atomic E-state index is 11.8. The van der Waals surface area contributed by atoms with Gasteiger partial charge in [-0.1, -0.05) is 35.9 Å². The first kappa shape index (κ1) is 16.3. The Morgan fingerprint density at radius 3 is 2.59 bits per heavy atom. The molecule has 0 heterocycles. The minimum absolute atomic E-state index is 0.197. The van der Waals surface area contributed by atoms with Crippen LogP contribution in [-0.4, -0.2) is 20.1 Å². The monoisotopic (exact) mass is 319 g/mol. The maximum atomic E-state index is 11.8. The molecule has 1 unspecified atom stereocenters. The lowest BCUT2D eigenvalue weighted by molar-refractivity contribution is -0.130. The maximum Gasteiger partial charge on any atom is 0.253 e. The number of rotatable bonds is 6. The van der Waals surface area contributed by atoms with E-state index in [4.69, 9.17) is 21.1 Å². The molecule has 4 nitrogen and oxygen atoms in total. The summed E-state index contributed by atoms with van der Waals surface area (Å²) in [7, 11) is 3.08.